The Morgan fingerprint density at radius 2 is 2.06 bits per heavy atom. The normalized spacial score (nSPS) is 30.9. The van der Waals surface area contributed by atoms with Gasteiger partial charge in [0.2, 0.25) is 0 Å². The number of hydrogen-bond donors (Lipinski definition) is 3. The van der Waals surface area contributed by atoms with Gasteiger partial charge in [-0.25, -0.2) is 4.39 Å². The molecule has 1 saturated carbocycles. The van der Waals surface area contributed by atoms with Crippen LogP contribution in [-0.4, -0.2) is 47.8 Å². The molecule has 5 rings (SSSR count). The highest BCUT2D eigenvalue weighted by molar-refractivity contribution is 5.85. The fraction of sp³-hybridized carbons (Fsp3) is 0.462. The Balaban J connectivity index is 1.57. The Labute approximate surface area is 183 Å². The lowest BCUT2D eigenvalue weighted by molar-refractivity contribution is -0.0531. The predicted molar refractivity (Wildman–Crippen MR) is 124 cm³/mol. The quantitative estimate of drug-likeness (QED) is 0.691. The monoisotopic (exact) mass is 421 g/mol. The van der Waals surface area contributed by atoms with E-state index >= 15 is 0 Å². The Hall–Kier alpha value is -2.21. The number of hydrogen-bond acceptors (Lipinski definition) is 3. The van der Waals surface area contributed by atoms with Crippen molar-refractivity contribution in [2.75, 3.05) is 27.2 Å². The van der Waals surface area contributed by atoms with Gasteiger partial charge < -0.3 is 20.3 Å². The maximum atomic E-state index is 14.3. The molecule has 1 fully saturated rings. The van der Waals surface area contributed by atoms with Crippen LogP contribution >= 0.6 is 0 Å². The van der Waals surface area contributed by atoms with Crippen molar-refractivity contribution in [1.29, 1.82) is 0 Å². The number of aromatic nitrogens is 1. The smallest absolute Gasteiger partial charge is 0.104 e. The largest absolute Gasteiger partial charge is 0.385 e. The topological polar surface area (TPSA) is 51.3 Å². The van der Waals surface area contributed by atoms with Crippen molar-refractivity contribution in [3.8, 4) is 0 Å². The third kappa shape index (κ3) is 3.49. The Bertz CT molecular complexity index is 1080. The van der Waals surface area contributed by atoms with Crippen LogP contribution in [0.15, 0.2) is 60.0 Å². The van der Waals surface area contributed by atoms with Gasteiger partial charge in [0.25, 0.3) is 0 Å². The molecule has 2 aromatic rings. The Morgan fingerprint density at radius 1 is 1.23 bits per heavy atom. The number of halogens is 1. The fourth-order valence-electron chi connectivity index (χ4n) is 6.00. The third-order valence-corrected chi connectivity index (χ3v) is 7.46. The van der Waals surface area contributed by atoms with E-state index in [1.807, 2.05) is 32.3 Å². The standard InChI is InChI=1S/C26H32FN3O/c1-30(2)17-19-16-25(12-13-26(19,31)18-7-3-4-8-20(27)15-18)24-22(11-14-28-25)21-9-5-6-10-23(21)29-24/h3-7,9-10,15,19,28-29,31H,8,11-14,16-17H2,1-2H3. The van der Waals surface area contributed by atoms with Gasteiger partial charge in [-0.2, -0.15) is 0 Å². The van der Waals surface area contributed by atoms with Crippen LogP contribution in [0.5, 0.6) is 0 Å². The molecule has 164 valence electrons. The van der Waals surface area contributed by atoms with Gasteiger partial charge in [0.1, 0.15) is 5.83 Å². The summed E-state index contributed by atoms with van der Waals surface area (Å²) in [5.41, 5.74) is 3.33. The van der Waals surface area contributed by atoms with Gasteiger partial charge in [0.05, 0.1) is 11.1 Å². The van der Waals surface area contributed by atoms with Crippen LogP contribution in [0.25, 0.3) is 10.9 Å². The zero-order chi connectivity index (χ0) is 21.6. The van der Waals surface area contributed by atoms with Crippen LogP contribution in [0.1, 0.15) is 36.9 Å². The molecule has 1 spiro atoms. The van der Waals surface area contributed by atoms with Crippen molar-refractivity contribution in [3.05, 3.63) is 71.2 Å². The summed E-state index contributed by atoms with van der Waals surface area (Å²) >= 11 is 0. The van der Waals surface area contributed by atoms with Gasteiger partial charge >= 0.3 is 0 Å². The number of rotatable bonds is 3. The Morgan fingerprint density at radius 3 is 2.90 bits per heavy atom. The molecule has 3 unspecified atom stereocenters. The predicted octanol–water partition coefficient (Wildman–Crippen LogP) is 4.34. The zero-order valence-electron chi connectivity index (χ0n) is 18.4. The van der Waals surface area contributed by atoms with Gasteiger partial charge in [-0.1, -0.05) is 36.4 Å². The first-order chi connectivity index (χ1) is 14.9. The number of nitrogens with zero attached hydrogens (tertiary/aromatic N) is 1. The van der Waals surface area contributed by atoms with Crippen LogP contribution in [0, 0.1) is 5.92 Å². The summed E-state index contributed by atoms with van der Waals surface area (Å²) in [5, 5.41) is 17.1. The highest BCUT2D eigenvalue weighted by Crippen LogP contribution is 2.50. The first-order valence-electron chi connectivity index (χ1n) is 11.4. The molecule has 3 aliphatic rings. The number of nitrogens with one attached hydrogen (secondary N) is 2. The summed E-state index contributed by atoms with van der Waals surface area (Å²) in [7, 11) is 4.09. The molecule has 31 heavy (non-hydrogen) atoms. The van der Waals surface area contributed by atoms with Crippen molar-refractivity contribution >= 4 is 10.9 Å². The average Bonchev–Trinajstić information content (AvgIpc) is 2.99. The van der Waals surface area contributed by atoms with Crippen LogP contribution in [0.2, 0.25) is 0 Å². The van der Waals surface area contributed by atoms with Gasteiger partial charge in [0.15, 0.2) is 0 Å². The van der Waals surface area contributed by atoms with Crippen molar-refractivity contribution in [2.45, 2.75) is 43.2 Å². The average molecular weight is 422 g/mol. The fourth-order valence-corrected chi connectivity index (χ4v) is 6.00. The second-order valence-corrected chi connectivity index (χ2v) is 9.72. The molecule has 4 nitrogen and oxygen atoms in total. The van der Waals surface area contributed by atoms with Gasteiger partial charge in [-0.3, -0.25) is 0 Å². The maximum Gasteiger partial charge on any atom is 0.104 e. The molecule has 0 amide bonds. The first kappa shape index (κ1) is 20.7. The van der Waals surface area contributed by atoms with Gasteiger partial charge in [-0.05, 0) is 63.1 Å². The third-order valence-electron chi connectivity index (χ3n) is 7.46. The zero-order valence-corrected chi connectivity index (χ0v) is 18.4. The van der Waals surface area contributed by atoms with E-state index in [2.05, 4.69) is 39.5 Å². The molecular formula is C26H32FN3O. The van der Waals surface area contributed by atoms with E-state index in [0.717, 1.165) is 32.4 Å². The SMILES string of the molecule is CN(C)CC1CC2(CCC1(O)C1=CC=CCC(F)=C1)NCCc1c2[nH]c2ccccc12. The van der Waals surface area contributed by atoms with Crippen molar-refractivity contribution in [3.63, 3.8) is 0 Å². The highest BCUT2D eigenvalue weighted by Gasteiger charge is 2.52. The number of benzene rings is 1. The number of aromatic amines is 1. The van der Waals surface area contributed by atoms with Gasteiger partial charge in [0, 0.05) is 42.0 Å². The number of H-pyrrole nitrogens is 1. The van der Waals surface area contributed by atoms with Crippen LogP contribution in [0.4, 0.5) is 4.39 Å². The van der Waals surface area contributed by atoms with Crippen molar-refractivity contribution < 1.29 is 9.50 Å². The molecule has 3 N–H and O–H groups in total. The summed E-state index contributed by atoms with van der Waals surface area (Å²) in [6.45, 7) is 1.67. The highest BCUT2D eigenvalue weighted by atomic mass is 19.1. The molecule has 0 radical (unpaired) electrons. The summed E-state index contributed by atoms with van der Waals surface area (Å²) in [5.74, 6) is -0.214. The van der Waals surface area contributed by atoms with E-state index < -0.39 is 5.60 Å². The molecule has 2 aliphatic carbocycles. The van der Waals surface area contributed by atoms with Crippen LogP contribution in [0.3, 0.4) is 0 Å². The molecule has 1 aromatic heterocycles. The second-order valence-electron chi connectivity index (χ2n) is 9.72. The number of allylic oxidation sites excluding steroid dienone is 4. The molecule has 2 heterocycles. The molecule has 1 aliphatic heterocycles. The van der Waals surface area contributed by atoms with E-state index in [4.69, 9.17) is 0 Å². The first-order valence-corrected chi connectivity index (χ1v) is 11.4. The van der Waals surface area contributed by atoms with E-state index in [0.29, 0.717) is 18.4 Å². The number of para-hydroxylation sites is 1. The van der Waals surface area contributed by atoms with Gasteiger partial charge in [-0.15, -0.1) is 0 Å². The molecule has 5 heteroatoms. The summed E-state index contributed by atoms with van der Waals surface area (Å²) in [4.78, 5) is 5.85. The van der Waals surface area contributed by atoms with E-state index in [1.165, 1.54) is 22.2 Å². The lowest BCUT2D eigenvalue weighted by Gasteiger charge is -2.52. The van der Waals surface area contributed by atoms with Crippen LogP contribution < -0.4 is 5.32 Å². The number of fused-ring (bicyclic) bond motifs is 4. The molecular weight excluding hydrogens is 389 g/mol. The second kappa shape index (κ2) is 7.73. The summed E-state index contributed by atoms with van der Waals surface area (Å²) in [6.07, 6.45) is 10.7. The maximum absolute atomic E-state index is 14.3. The van der Waals surface area contributed by atoms with Crippen molar-refractivity contribution in [1.82, 2.24) is 15.2 Å². The van der Waals surface area contributed by atoms with E-state index in [-0.39, 0.29) is 17.3 Å². The Kier molecular flexibility index (Phi) is 5.16. The van der Waals surface area contributed by atoms with E-state index in [9.17, 15) is 9.50 Å². The molecule has 0 bridgehead atoms. The molecule has 0 saturated heterocycles. The molecule has 3 atom stereocenters. The minimum Gasteiger partial charge on any atom is -0.385 e. The van der Waals surface area contributed by atoms with Crippen LogP contribution in [-0.2, 0) is 12.0 Å². The lowest BCUT2D eigenvalue weighted by atomic mass is 9.62. The number of aliphatic hydroxyl groups is 1. The minimum absolute atomic E-state index is 0.0251. The van der Waals surface area contributed by atoms with Crippen molar-refractivity contribution in [2.24, 2.45) is 5.92 Å². The molecule has 1 aromatic carbocycles. The minimum atomic E-state index is -1.05. The summed E-state index contributed by atoms with van der Waals surface area (Å²) < 4.78 is 14.3. The summed E-state index contributed by atoms with van der Waals surface area (Å²) in [6, 6.07) is 8.53. The lowest BCUT2D eigenvalue weighted by Crippen LogP contribution is -2.58. The van der Waals surface area contributed by atoms with E-state index in [1.54, 1.807) is 6.08 Å².